The van der Waals surface area contributed by atoms with Crippen LogP contribution in [0.5, 0.6) is 0 Å². The summed E-state index contributed by atoms with van der Waals surface area (Å²) in [6, 6.07) is 0. The van der Waals surface area contributed by atoms with Gasteiger partial charge >= 0.3 is 0 Å². The lowest BCUT2D eigenvalue weighted by Crippen LogP contribution is -2.20. The van der Waals surface area contributed by atoms with Crippen LogP contribution in [0, 0.1) is 5.92 Å². The molecule has 1 atom stereocenters. The highest BCUT2D eigenvalue weighted by Gasteiger charge is 2.20. The van der Waals surface area contributed by atoms with Gasteiger partial charge in [-0.05, 0) is 5.92 Å². The number of nitrogens with two attached hydrogens (primary N) is 1. The van der Waals surface area contributed by atoms with E-state index in [2.05, 4.69) is 10.4 Å². The fourth-order valence-electron chi connectivity index (χ4n) is 1.60. The van der Waals surface area contributed by atoms with E-state index in [-0.39, 0.29) is 29.0 Å². The Morgan fingerprint density at radius 2 is 2.26 bits per heavy atom. The predicted octanol–water partition coefficient (Wildman–Crippen LogP) is -0.321. The molecular formula is C10H18N4O4S. The number of rotatable bonds is 6. The minimum absolute atomic E-state index is 0.0200. The molecule has 0 saturated carbocycles. The number of sulfonamides is 1. The Bertz CT molecular complexity index is 552. The van der Waals surface area contributed by atoms with E-state index in [1.54, 1.807) is 7.11 Å². The van der Waals surface area contributed by atoms with Crippen molar-refractivity contribution in [3.63, 3.8) is 0 Å². The van der Waals surface area contributed by atoms with Crippen molar-refractivity contribution in [3.8, 4) is 0 Å². The Labute approximate surface area is 112 Å². The number of methoxy groups -OCH3 is 1. The lowest BCUT2D eigenvalue weighted by molar-refractivity contribution is -0.117. The third-order valence-electron chi connectivity index (χ3n) is 2.34. The van der Waals surface area contributed by atoms with Gasteiger partial charge in [-0.1, -0.05) is 6.92 Å². The number of amides is 1. The maximum Gasteiger partial charge on any atom is 0.243 e. The van der Waals surface area contributed by atoms with Crippen LogP contribution in [0.4, 0.5) is 5.82 Å². The van der Waals surface area contributed by atoms with Gasteiger partial charge in [0.15, 0.2) is 5.82 Å². The molecule has 8 nitrogen and oxygen atoms in total. The summed E-state index contributed by atoms with van der Waals surface area (Å²) in [4.78, 5) is 11.5. The second kappa shape index (κ2) is 6.13. The standard InChI is InChI=1S/C10H18N4O4S/c1-7(6-18-3)4-9(15)12-10-8(19(11,16)17)5-14(2)13-10/h5,7H,4,6H2,1-3H3,(H2,11,16,17)(H,12,13,15). The van der Waals surface area contributed by atoms with Crippen LogP contribution < -0.4 is 10.5 Å². The Hall–Kier alpha value is -1.45. The number of aryl methyl sites for hydroxylation is 1. The van der Waals surface area contributed by atoms with Crippen LogP contribution in [0.15, 0.2) is 11.1 Å². The first-order valence-electron chi connectivity index (χ1n) is 5.59. The molecule has 0 aromatic carbocycles. The third kappa shape index (κ3) is 4.62. The van der Waals surface area contributed by atoms with Crippen LogP contribution in [0.3, 0.4) is 0 Å². The van der Waals surface area contributed by atoms with Gasteiger partial charge in [0.1, 0.15) is 4.90 Å². The van der Waals surface area contributed by atoms with Crippen LogP contribution >= 0.6 is 0 Å². The van der Waals surface area contributed by atoms with E-state index in [9.17, 15) is 13.2 Å². The zero-order valence-corrected chi connectivity index (χ0v) is 11.9. The summed E-state index contributed by atoms with van der Waals surface area (Å²) in [5, 5.41) is 11.3. The lowest BCUT2D eigenvalue weighted by Gasteiger charge is -2.09. The van der Waals surface area contributed by atoms with Crippen molar-refractivity contribution < 1.29 is 17.9 Å². The van der Waals surface area contributed by atoms with Crippen molar-refractivity contribution in [2.45, 2.75) is 18.2 Å². The van der Waals surface area contributed by atoms with E-state index in [1.807, 2.05) is 6.92 Å². The molecule has 0 bridgehead atoms. The lowest BCUT2D eigenvalue weighted by atomic mass is 10.1. The molecule has 0 aliphatic rings. The number of anilines is 1. The van der Waals surface area contributed by atoms with Gasteiger partial charge in [-0.3, -0.25) is 9.48 Å². The molecule has 0 aliphatic carbocycles. The van der Waals surface area contributed by atoms with Gasteiger partial charge in [0, 0.05) is 33.4 Å². The minimum Gasteiger partial charge on any atom is -0.384 e. The van der Waals surface area contributed by atoms with Gasteiger partial charge in [-0.15, -0.1) is 0 Å². The molecule has 0 radical (unpaired) electrons. The summed E-state index contributed by atoms with van der Waals surface area (Å²) in [5.74, 6) is -0.376. The van der Waals surface area contributed by atoms with Crippen molar-refractivity contribution in [2.75, 3.05) is 19.0 Å². The SMILES string of the molecule is COCC(C)CC(=O)Nc1nn(C)cc1S(N)(=O)=O. The number of carbonyl (C=O) groups is 1. The van der Waals surface area contributed by atoms with Crippen molar-refractivity contribution in [3.05, 3.63) is 6.20 Å². The quantitative estimate of drug-likeness (QED) is 0.744. The average molecular weight is 290 g/mol. The van der Waals surface area contributed by atoms with Crippen molar-refractivity contribution in [1.82, 2.24) is 9.78 Å². The smallest absolute Gasteiger partial charge is 0.243 e. The summed E-state index contributed by atoms with van der Waals surface area (Å²) in [7, 11) is -0.832. The number of ether oxygens (including phenoxy) is 1. The van der Waals surface area contributed by atoms with Gasteiger partial charge in [-0.2, -0.15) is 5.10 Å². The maximum absolute atomic E-state index is 11.7. The molecule has 3 N–H and O–H groups in total. The first kappa shape index (κ1) is 15.6. The summed E-state index contributed by atoms with van der Waals surface area (Å²) >= 11 is 0. The monoisotopic (exact) mass is 290 g/mol. The molecule has 9 heteroatoms. The Kier molecular flexibility index (Phi) is 5.04. The molecule has 1 amide bonds. The zero-order chi connectivity index (χ0) is 14.6. The Morgan fingerprint density at radius 3 is 2.79 bits per heavy atom. The van der Waals surface area contributed by atoms with Crippen LogP contribution in [-0.2, 0) is 26.6 Å². The Balaban J connectivity index is 2.80. The highest BCUT2D eigenvalue weighted by atomic mass is 32.2. The van der Waals surface area contributed by atoms with Crippen molar-refractivity contribution in [1.29, 1.82) is 0 Å². The molecule has 1 heterocycles. The summed E-state index contributed by atoms with van der Waals surface area (Å²) in [6.45, 7) is 2.29. The van der Waals surface area contributed by atoms with E-state index in [1.165, 1.54) is 17.9 Å². The molecule has 1 unspecified atom stereocenters. The number of aromatic nitrogens is 2. The van der Waals surface area contributed by atoms with Crippen LogP contribution in [-0.4, -0.2) is 37.8 Å². The van der Waals surface area contributed by atoms with Crippen LogP contribution in [0.2, 0.25) is 0 Å². The largest absolute Gasteiger partial charge is 0.384 e. The first-order chi connectivity index (χ1) is 8.74. The fourth-order valence-corrected chi connectivity index (χ4v) is 2.27. The summed E-state index contributed by atoms with van der Waals surface area (Å²) in [5.41, 5.74) is 0. The molecule has 0 fully saturated rings. The van der Waals surface area contributed by atoms with Crippen LogP contribution in [0.25, 0.3) is 0 Å². The zero-order valence-electron chi connectivity index (χ0n) is 11.1. The summed E-state index contributed by atoms with van der Waals surface area (Å²) < 4.78 is 28.8. The van der Waals surface area contributed by atoms with E-state index < -0.39 is 10.0 Å². The molecule has 108 valence electrons. The fraction of sp³-hybridized carbons (Fsp3) is 0.600. The van der Waals surface area contributed by atoms with Gasteiger partial charge in [0.05, 0.1) is 0 Å². The second-order valence-corrected chi connectivity index (χ2v) is 5.90. The van der Waals surface area contributed by atoms with E-state index >= 15 is 0 Å². The normalized spacial score (nSPS) is 13.3. The van der Waals surface area contributed by atoms with E-state index in [4.69, 9.17) is 9.88 Å². The third-order valence-corrected chi connectivity index (χ3v) is 3.26. The average Bonchev–Trinajstić information content (AvgIpc) is 2.58. The molecule has 1 aromatic heterocycles. The topological polar surface area (TPSA) is 116 Å². The Morgan fingerprint density at radius 1 is 1.63 bits per heavy atom. The molecule has 19 heavy (non-hydrogen) atoms. The number of hydrogen-bond donors (Lipinski definition) is 2. The van der Waals surface area contributed by atoms with Gasteiger partial charge < -0.3 is 10.1 Å². The van der Waals surface area contributed by atoms with Crippen molar-refractivity contribution in [2.24, 2.45) is 18.1 Å². The van der Waals surface area contributed by atoms with Crippen molar-refractivity contribution >= 4 is 21.7 Å². The van der Waals surface area contributed by atoms with Gasteiger partial charge in [0.25, 0.3) is 0 Å². The summed E-state index contributed by atoms with van der Waals surface area (Å²) in [6.07, 6.45) is 1.44. The number of nitrogens with zero attached hydrogens (tertiary/aromatic N) is 2. The number of hydrogen-bond acceptors (Lipinski definition) is 5. The predicted molar refractivity (Wildman–Crippen MR) is 68.9 cm³/mol. The highest BCUT2D eigenvalue weighted by molar-refractivity contribution is 7.89. The second-order valence-electron chi connectivity index (χ2n) is 4.37. The minimum atomic E-state index is -3.92. The molecule has 0 saturated heterocycles. The number of carbonyl (C=O) groups excluding carboxylic acids is 1. The molecule has 1 aromatic rings. The highest BCUT2D eigenvalue weighted by Crippen LogP contribution is 2.18. The molecule has 1 rings (SSSR count). The molecular weight excluding hydrogens is 272 g/mol. The number of nitrogens with one attached hydrogen (secondary N) is 1. The maximum atomic E-state index is 11.7. The molecule has 0 aliphatic heterocycles. The number of primary sulfonamides is 1. The first-order valence-corrected chi connectivity index (χ1v) is 7.14. The molecule has 0 spiro atoms. The van der Waals surface area contributed by atoms with Gasteiger partial charge in [0.2, 0.25) is 15.9 Å². The van der Waals surface area contributed by atoms with E-state index in [0.29, 0.717) is 6.61 Å². The van der Waals surface area contributed by atoms with Crippen LogP contribution in [0.1, 0.15) is 13.3 Å². The van der Waals surface area contributed by atoms with Gasteiger partial charge in [-0.25, -0.2) is 13.6 Å². The van der Waals surface area contributed by atoms with E-state index in [0.717, 1.165) is 0 Å².